The summed E-state index contributed by atoms with van der Waals surface area (Å²) in [5, 5.41) is 3.14. The molecule has 0 spiro atoms. The molecule has 0 saturated heterocycles. The number of pyridine rings is 1. The summed E-state index contributed by atoms with van der Waals surface area (Å²) in [6.07, 6.45) is 5.11. The van der Waals surface area contributed by atoms with Crippen molar-refractivity contribution in [1.29, 1.82) is 0 Å². The Morgan fingerprint density at radius 2 is 1.63 bits per heavy atom. The number of aromatic nitrogens is 5. The summed E-state index contributed by atoms with van der Waals surface area (Å²) < 4.78 is 26.9. The predicted octanol–water partition coefficient (Wildman–Crippen LogP) is 5.10. The Labute approximate surface area is 169 Å². The van der Waals surface area contributed by atoms with E-state index in [1.807, 2.05) is 42.5 Å². The van der Waals surface area contributed by atoms with Crippen LogP contribution in [0.4, 0.5) is 20.4 Å². The fourth-order valence-electron chi connectivity index (χ4n) is 3.07. The number of imidazole rings is 1. The van der Waals surface area contributed by atoms with Crippen molar-refractivity contribution < 1.29 is 8.78 Å². The van der Waals surface area contributed by atoms with Gasteiger partial charge in [-0.2, -0.15) is 0 Å². The minimum Gasteiger partial charge on any atom is -0.338 e. The van der Waals surface area contributed by atoms with Crippen molar-refractivity contribution in [2.75, 3.05) is 5.32 Å². The third kappa shape index (κ3) is 3.46. The lowest BCUT2D eigenvalue weighted by molar-refractivity contribution is 0.510. The highest BCUT2D eigenvalue weighted by Crippen LogP contribution is 2.25. The molecular weight excluding hydrogens is 386 g/mol. The van der Waals surface area contributed by atoms with Gasteiger partial charge in [0.05, 0.1) is 16.7 Å². The fourth-order valence-corrected chi connectivity index (χ4v) is 3.07. The smallest absolute Gasteiger partial charge is 0.227 e. The molecule has 3 heterocycles. The monoisotopic (exact) mass is 400 g/mol. The van der Waals surface area contributed by atoms with Crippen LogP contribution in [0.2, 0.25) is 0 Å². The average Bonchev–Trinajstić information content (AvgIpc) is 3.18. The van der Waals surface area contributed by atoms with Crippen LogP contribution in [0.5, 0.6) is 0 Å². The van der Waals surface area contributed by atoms with Crippen molar-refractivity contribution >= 4 is 22.7 Å². The van der Waals surface area contributed by atoms with Crippen LogP contribution in [0.15, 0.2) is 73.2 Å². The molecule has 2 aromatic carbocycles. The van der Waals surface area contributed by atoms with Crippen molar-refractivity contribution in [3.05, 3.63) is 84.8 Å². The van der Waals surface area contributed by atoms with Gasteiger partial charge in [-0.15, -0.1) is 0 Å². The number of rotatable bonds is 4. The van der Waals surface area contributed by atoms with E-state index in [-0.39, 0.29) is 0 Å². The number of hydrogen-bond donors (Lipinski definition) is 2. The maximum absolute atomic E-state index is 13.5. The largest absolute Gasteiger partial charge is 0.338 e. The number of H-pyrrole nitrogens is 1. The zero-order valence-electron chi connectivity index (χ0n) is 15.5. The van der Waals surface area contributed by atoms with Crippen molar-refractivity contribution in [3.8, 4) is 22.6 Å². The molecule has 3 aromatic heterocycles. The first-order chi connectivity index (χ1) is 14.7. The van der Waals surface area contributed by atoms with Crippen LogP contribution >= 0.6 is 0 Å². The summed E-state index contributed by atoms with van der Waals surface area (Å²) in [6, 6.07) is 15.2. The SMILES string of the molecule is Fc1cc2nc(-c3cccc(Nc4ncc(-c5ccccn5)cn4)c3)[nH]c2cc1F. The number of aromatic amines is 1. The summed E-state index contributed by atoms with van der Waals surface area (Å²) in [6.45, 7) is 0. The van der Waals surface area contributed by atoms with E-state index >= 15 is 0 Å². The lowest BCUT2D eigenvalue weighted by atomic mass is 10.2. The summed E-state index contributed by atoms with van der Waals surface area (Å²) in [7, 11) is 0. The second kappa shape index (κ2) is 7.32. The van der Waals surface area contributed by atoms with E-state index in [1.54, 1.807) is 18.6 Å². The van der Waals surface area contributed by atoms with E-state index in [4.69, 9.17) is 0 Å². The highest BCUT2D eigenvalue weighted by molar-refractivity contribution is 5.80. The lowest BCUT2D eigenvalue weighted by Crippen LogP contribution is -1.97. The molecule has 0 fully saturated rings. The van der Waals surface area contributed by atoms with E-state index in [0.717, 1.165) is 34.6 Å². The Morgan fingerprint density at radius 3 is 2.43 bits per heavy atom. The molecule has 5 rings (SSSR count). The molecule has 0 aliphatic rings. The molecule has 0 radical (unpaired) electrons. The van der Waals surface area contributed by atoms with E-state index in [1.165, 1.54) is 0 Å². The second-order valence-corrected chi connectivity index (χ2v) is 6.59. The molecule has 8 heteroatoms. The van der Waals surface area contributed by atoms with E-state index in [9.17, 15) is 8.78 Å². The van der Waals surface area contributed by atoms with Crippen LogP contribution in [0.1, 0.15) is 0 Å². The van der Waals surface area contributed by atoms with Crippen LogP contribution in [-0.4, -0.2) is 24.9 Å². The molecule has 0 amide bonds. The standard InChI is InChI=1S/C22H14F2N6/c23-16-9-19-20(10-17(16)24)30-21(29-19)13-4-3-5-15(8-13)28-22-26-11-14(12-27-22)18-6-1-2-7-25-18/h1-12H,(H,29,30)(H,26,27,28). The molecule has 146 valence electrons. The number of benzene rings is 2. The van der Waals surface area contributed by atoms with Crippen LogP contribution in [0.25, 0.3) is 33.7 Å². The van der Waals surface area contributed by atoms with Crippen LogP contribution < -0.4 is 5.32 Å². The topological polar surface area (TPSA) is 79.4 Å². The van der Waals surface area contributed by atoms with Gasteiger partial charge in [0.25, 0.3) is 0 Å². The first-order valence-electron chi connectivity index (χ1n) is 9.11. The number of hydrogen-bond acceptors (Lipinski definition) is 5. The molecule has 0 aliphatic heterocycles. The summed E-state index contributed by atoms with van der Waals surface area (Å²) in [5.41, 5.74) is 3.89. The first-order valence-corrected chi connectivity index (χ1v) is 9.11. The van der Waals surface area contributed by atoms with E-state index < -0.39 is 11.6 Å². The number of anilines is 2. The van der Waals surface area contributed by atoms with Gasteiger partial charge in [0, 0.05) is 47.5 Å². The van der Waals surface area contributed by atoms with Gasteiger partial charge in [0.1, 0.15) is 5.82 Å². The van der Waals surface area contributed by atoms with Gasteiger partial charge in [-0.05, 0) is 24.3 Å². The molecule has 30 heavy (non-hydrogen) atoms. The van der Waals surface area contributed by atoms with Crippen LogP contribution in [0, 0.1) is 11.6 Å². The molecule has 0 atom stereocenters. The highest BCUT2D eigenvalue weighted by atomic mass is 19.2. The van der Waals surface area contributed by atoms with Gasteiger partial charge in [-0.3, -0.25) is 4.98 Å². The molecule has 6 nitrogen and oxygen atoms in total. The highest BCUT2D eigenvalue weighted by Gasteiger charge is 2.11. The summed E-state index contributed by atoms with van der Waals surface area (Å²) in [4.78, 5) is 20.3. The van der Waals surface area contributed by atoms with Crippen molar-refractivity contribution in [3.63, 3.8) is 0 Å². The molecule has 5 aromatic rings. The Bertz CT molecular complexity index is 1290. The second-order valence-electron chi connectivity index (χ2n) is 6.59. The van der Waals surface area contributed by atoms with Gasteiger partial charge in [-0.1, -0.05) is 18.2 Å². The summed E-state index contributed by atoms with van der Waals surface area (Å²) >= 11 is 0. The summed E-state index contributed by atoms with van der Waals surface area (Å²) in [5.74, 6) is -0.910. The Kier molecular flexibility index (Phi) is 4.36. The molecule has 0 bridgehead atoms. The van der Waals surface area contributed by atoms with Crippen molar-refractivity contribution in [1.82, 2.24) is 24.9 Å². The van der Waals surface area contributed by atoms with E-state index in [2.05, 4.69) is 30.2 Å². The Hall–Kier alpha value is -4.20. The number of nitrogens with zero attached hydrogens (tertiary/aromatic N) is 4. The first kappa shape index (κ1) is 17.9. The normalized spacial score (nSPS) is 11.0. The maximum atomic E-state index is 13.5. The minimum absolute atomic E-state index is 0.357. The number of nitrogens with one attached hydrogen (secondary N) is 2. The molecule has 0 aliphatic carbocycles. The van der Waals surface area contributed by atoms with Crippen LogP contribution in [0.3, 0.4) is 0 Å². The molecule has 0 unspecified atom stereocenters. The number of fused-ring (bicyclic) bond motifs is 1. The fraction of sp³-hybridized carbons (Fsp3) is 0. The molecule has 0 saturated carbocycles. The minimum atomic E-state index is -0.928. The van der Waals surface area contributed by atoms with Crippen LogP contribution in [-0.2, 0) is 0 Å². The third-order valence-corrected chi connectivity index (χ3v) is 4.53. The van der Waals surface area contributed by atoms with E-state index in [0.29, 0.717) is 22.8 Å². The van der Waals surface area contributed by atoms with Gasteiger partial charge >= 0.3 is 0 Å². The average molecular weight is 400 g/mol. The molecular formula is C22H14F2N6. The Morgan fingerprint density at radius 1 is 0.800 bits per heavy atom. The van der Waals surface area contributed by atoms with Crippen molar-refractivity contribution in [2.24, 2.45) is 0 Å². The molecule has 2 N–H and O–H groups in total. The number of halogens is 2. The van der Waals surface area contributed by atoms with Gasteiger partial charge in [0.15, 0.2) is 11.6 Å². The Balaban J connectivity index is 1.40. The predicted molar refractivity (Wildman–Crippen MR) is 110 cm³/mol. The third-order valence-electron chi connectivity index (χ3n) is 4.53. The van der Waals surface area contributed by atoms with Crippen molar-refractivity contribution in [2.45, 2.75) is 0 Å². The van der Waals surface area contributed by atoms with Gasteiger partial charge in [-0.25, -0.2) is 23.7 Å². The zero-order chi connectivity index (χ0) is 20.5. The zero-order valence-corrected chi connectivity index (χ0v) is 15.5. The van der Waals surface area contributed by atoms with Gasteiger partial charge in [0.2, 0.25) is 5.95 Å². The quantitative estimate of drug-likeness (QED) is 0.439. The maximum Gasteiger partial charge on any atom is 0.227 e. The van der Waals surface area contributed by atoms with Gasteiger partial charge < -0.3 is 10.3 Å². The lowest BCUT2D eigenvalue weighted by Gasteiger charge is -2.07.